The summed E-state index contributed by atoms with van der Waals surface area (Å²) in [5.41, 5.74) is 5.52. The molecule has 0 atom stereocenters. The van der Waals surface area contributed by atoms with Crippen LogP contribution < -0.4 is 19.9 Å². The number of hydrogen-bond donors (Lipinski definition) is 0. The number of allylic oxidation sites excluding steroid dienone is 8. The fraction of sp³-hybridized carbons (Fsp3) is 0.185. The Morgan fingerprint density at radius 2 is 1.62 bits per heavy atom. The average Bonchev–Trinajstić information content (AvgIpc) is 3.03. The third-order valence-electron chi connectivity index (χ3n) is 5.76. The summed E-state index contributed by atoms with van der Waals surface area (Å²) < 4.78 is 38.7. The monoisotopic (exact) mass is 446 g/mol. The zero-order valence-corrected chi connectivity index (χ0v) is 19.7. The van der Waals surface area contributed by atoms with E-state index in [1.54, 1.807) is 30.3 Å². The van der Waals surface area contributed by atoms with Crippen LogP contribution in [0, 0.1) is 0 Å². The van der Waals surface area contributed by atoms with Crippen LogP contribution >= 0.6 is 0 Å². The highest BCUT2D eigenvalue weighted by atomic mass is 32.2. The molecule has 2 aromatic carbocycles. The van der Waals surface area contributed by atoms with Gasteiger partial charge in [0.2, 0.25) is 9.84 Å². The van der Waals surface area contributed by atoms with Crippen molar-refractivity contribution in [2.75, 3.05) is 14.2 Å². The van der Waals surface area contributed by atoms with Crippen LogP contribution in [0.2, 0.25) is 0 Å². The molecule has 0 saturated heterocycles. The van der Waals surface area contributed by atoms with Crippen molar-refractivity contribution in [2.24, 2.45) is 0 Å². The second-order valence-electron chi connectivity index (χ2n) is 7.93. The minimum absolute atomic E-state index is 0.0337. The van der Waals surface area contributed by atoms with Crippen molar-refractivity contribution in [3.8, 4) is 11.5 Å². The van der Waals surface area contributed by atoms with E-state index < -0.39 is 9.84 Å². The molecule has 0 spiro atoms. The second-order valence-corrected chi connectivity index (χ2v) is 9.82. The maximum atomic E-state index is 13.6. The molecule has 0 bridgehead atoms. The third kappa shape index (κ3) is 3.53. The zero-order chi connectivity index (χ0) is 23.0. The topological polar surface area (TPSA) is 52.6 Å². The number of ether oxygens (including phenoxy) is 2. The summed E-state index contributed by atoms with van der Waals surface area (Å²) in [6, 6.07) is 10.2. The Morgan fingerprint density at radius 1 is 0.906 bits per heavy atom. The first kappa shape index (κ1) is 21.9. The van der Waals surface area contributed by atoms with E-state index in [0.29, 0.717) is 5.22 Å². The highest BCUT2D eigenvalue weighted by molar-refractivity contribution is 7.91. The van der Waals surface area contributed by atoms with Gasteiger partial charge in [0.25, 0.3) is 0 Å². The first-order valence-corrected chi connectivity index (χ1v) is 11.8. The van der Waals surface area contributed by atoms with Crippen LogP contribution in [0.5, 0.6) is 11.5 Å². The van der Waals surface area contributed by atoms with E-state index in [4.69, 9.17) is 9.47 Å². The first-order chi connectivity index (χ1) is 15.3. The summed E-state index contributed by atoms with van der Waals surface area (Å²) in [4.78, 5) is 0.224. The Hall–Kier alpha value is -3.31. The molecular formula is C27H26O4S. The van der Waals surface area contributed by atoms with Crippen molar-refractivity contribution in [1.82, 2.24) is 0 Å². The number of fused-ring (bicyclic) bond motifs is 2. The molecule has 2 aliphatic rings. The quantitative estimate of drug-likeness (QED) is 0.704. The van der Waals surface area contributed by atoms with Crippen LogP contribution in [-0.4, -0.2) is 22.6 Å². The number of hydrogen-bond acceptors (Lipinski definition) is 4. The summed E-state index contributed by atoms with van der Waals surface area (Å²) in [5.74, 6) is 0.534. The van der Waals surface area contributed by atoms with Gasteiger partial charge in [-0.05, 0) is 66.5 Å². The largest absolute Gasteiger partial charge is 0.495 e. The number of rotatable bonds is 4. The minimum atomic E-state index is -3.88. The molecule has 32 heavy (non-hydrogen) atoms. The molecule has 164 valence electrons. The van der Waals surface area contributed by atoms with Crippen molar-refractivity contribution in [3.05, 3.63) is 93.4 Å². The molecule has 0 fully saturated rings. The van der Waals surface area contributed by atoms with Gasteiger partial charge in [0.05, 0.1) is 19.1 Å². The van der Waals surface area contributed by atoms with Gasteiger partial charge >= 0.3 is 0 Å². The van der Waals surface area contributed by atoms with E-state index in [1.807, 2.05) is 18.2 Å². The number of methoxy groups -OCH3 is 2. The van der Waals surface area contributed by atoms with E-state index in [9.17, 15) is 8.42 Å². The molecule has 0 unspecified atom stereocenters. The van der Waals surface area contributed by atoms with E-state index in [-0.39, 0.29) is 21.3 Å². The molecule has 0 heterocycles. The number of sulfone groups is 1. The van der Waals surface area contributed by atoms with Crippen LogP contribution in [0.25, 0.3) is 11.6 Å². The van der Waals surface area contributed by atoms with Crippen molar-refractivity contribution in [3.63, 3.8) is 0 Å². The van der Waals surface area contributed by atoms with Crippen LogP contribution in [0.3, 0.4) is 0 Å². The van der Waals surface area contributed by atoms with Crippen molar-refractivity contribution >= 4 is 21.5 Å². The van der Waals surface area contributed by atoms with Gasteiger partial charge in [-0.2, -0.15) is 0 Å². The van der Waals surface area contributed by atoms with Gasteiger partial charge in [0.15, 0.2) is 4.90 Å². The summed E-state index contributed by atoms with van der Waals surface area (Å²) in [6.45, 7) is 6.23. The summed E-state index contributed by atoms with van der Waals surface area (Å²) in [6.07, 6.45) is 10.2. The maximum absolute atomic E-state index is 13.6. The van der Waals surface area contributed by atoms with Gasteiger partial charge in [0, 0.05) is 5.22 Å². The van der Waals surface area contributed by atoms with E-state index in [2.05, 4.69) is 39.0 Å². The van der Waals surface area contributed by atoms with Crippen LogP contribution in [-0.2, 0) is 9.84 Å². The fourth-order valence-corrected chi connectivity index (χ4v) is 6.02. The predicted octanol–water partition coefficient (Wildman–Crippen LogP) is 4.26. The second kappa shape index (κ2) is 8.32. The molecular weight excluding hydrogens is 420 g/mol. The van der Waals surface area contributed by atoms with E-state index >= 15 is 0 Å². The Morgan fingerprint density at radius 3 is 2.28 bits per heavy atom. The predicted molar refractivity (Wildman–Crippen MR) is 128 cm³/mol. The number of benzene rings is 2. The SMILES string of the molecule is COc1cc2c(c(OC)c1S(=O)(=O)c1ccccc1)=CC=CC1=C(C)C=C(C)C=C(C)C=21. The van der Waals surface area contributed by atoms with Crippen molar-refractivity contribution < 1.29 is 17.9 Å². The molecule has 0 aromatic heterocycles. The highest BCUT2D eigenvalue weighted by Crippen LogP contribution is 2.36. The lowest BCUT2D eigenvalue weighted by Crippen LogP contribution is -2.31. The Kier molecular flexibility index (Phi) is 5.70. The molecule has 2 aliphatic carbocycles. The van der Waals surface area contributed by atoms with Crippen molar-refractivity contribution in [1.29, 1.82) is 0 Å². The Bertz CT molecular complexity index is 1450. The lowest BCUT2D eigenvalue weighted by molar-refractivity contribution is 0.370. The third-order valence-corrected chi connectivity index (χ3v) is 7.58. The van der Waals surface area contributed by atoms with Gasteiger partial charge in [-0.15, -0.1) is 0 Å². The minimum Gasteiger partial charge on any atom is -0.495 e. The van der Waals surface area contributed by atoms with E-state index in [0.717, 1.165) is 33.1 Å². The Labute approximate surface area is 189 Å². The van der Waals surface area contributed by atoms with Gasteiger partial charge in [-0.1, -0.05) is 54.2 Å². The molecule has 4 nitrogen and oxygen atoms in total. The summed E-state index contributed by atoms with van der Waals surface area (Å²) >= 11 is 0. The standard InChI is InChI=1S/C27H26O4S/c1-17-14-18(2)21-12-9-13-22-23(25(21)19(3)15-17)16-24(30-4)27(26(22)31-5)32(28,29)20-10-7-6-8-11-20/h6-16H,1-5H3. The molecule has 0 saturated carbocycles. The van der Waals surface area contributed by atoms with Gasteiger partial charge in [0.1, 0.15) is 11.5 Å². The van der Waals surface area contributed by atoms with Gasteiger partial charge in [-0.3, -0.25) is 0 Å². The van der Waals surface area contributed by atoms with Crippen LogP contribution in [0.4, 0.5) is 0 Å². The lowest BCUT2D eigenvalue weighted by Gasteiger charge is -2.17. The maximum Gasteiger partial charge on any atom is 0.213 e. The fourth-order valence-electron chi connectivity index (χ4n) is 4.43. The lowest BCUT2D eigenvalue weighted by atomic mass is 9.93. The highest BCUT2D eigenvalue weighted by Gasteiger charge is 2.29. The smallest absolute Gasteiger partial charge is 0.213 e. The molecule has 0 radical (unpaired) electrons. The van der Waals surface area contributed by atoms with Crippen molar-refractivity contribution in [2.45, 2.75) is 30.6 Å². The van der Waals surface area contributed by atoms with Gasteiger partial charge < -0.3 is 9.47 Å². The molecule has 0 amide bonds. The Balaban J connectivity index is 2.20. The van der Waals surface area contributed by atoms with Crippen LogP contribution in [0.15, 0.2) is 92.8 Å². The summed E-state index contributed by atoms with van der Waals surface area (Å²) in [7, 11) is -0.900. The molecule has 0 N–H and O–H groups in total. The molecule has 0 aliphatic heterocycles. The zero-order valence-electron chi connectivity index (χ0n) is 18.9. The van der Waals surface area contributed by atoms with E-state index in [1.165, 1.54) is 14.2 Å². The summed E-state index contributed by atoms with van der Waals surface area (Å²) in [5, 5.41) is 1.59. The normalized spacial score (nSPS) is 15.6. The molecule has 5 heteroatoms. The van der Waals surface area contributed by atoms with Crippen LogP contribution in [0.1, 0.15) is 20.8 Å². The average molecular weight is 447 g/mol. The van der Waals surface area contributed by atoms with Gasteiger partial charge in [-0.25, -0.2) is 8.42 Å². The molecule has 2 aromatic rings. The first-order valence-electron chi connectivity index (χ1n) is 10.4. The molecule has 4 rings (SSSR count).